The zero-order valence-corrected chi connectivity index (χ0v) is 21.6. The van der Waals surface area contributed by atoms with Crippen LogP contribution in [0.25, 0.3) is 11.5 Å². The second-order valence-electron chi connectivity index (χ2n) is 10.0. The van der Waals surface area contributed by atoms with Gasteiger partial charge in [-0.25, -0.2) is 9.48 Å². The van der Waals surface area contributed by atoms with Gasteiger partial charge in [0.05, 0.1) is 29.7 Å². The lowest BCUT2D eigenvalue weighted by Crippen LogP contribution is -2.42. The Hall–Kier alpha value is -3.80. The fraction of sp³-hybridized carbons (Fsp3) is 0.333. The smallest absolute Gasteiger partial charge is 0.318 e. The molecule has 6 nitrogen and oxygen atoms in total. The largest absolute Gasteiger partial charge is 0.338 e. The molecule has 1 aliphatic heterocycles. The minimum atomic E-state index is -0.222. The van der Waals surface area contributed by atoms with E-state index in [2.05, 4.69) is 92.3 Å². The number of amides is 2. The van der Waals surface area contributed by atoms with E-state index in [1.54, 1.807) is 0 Å². The van der Waals surface area contributed by atoms with Crippen molar-refractivity contribution in [3.63, 3.8) is 0 Å². The summed E-state index contributed by atoms with van der Waals surface area (Å²) >= 11 is 0. The van der Waals surface area contributed by atoms with Gasteiger partial charge < -0.3 is 14.8 Å². The lowest BCUT2D eigenvalue weighted by Gasteiger charge is -2.31. The monoisotopic (exact) mass is 481 g/mol. The first-order valence-corrected chi connectivity index (χ1v) is 12.9. The van der Waals surface area contributed by atoms with Gasteiger partial charge in [-0.15, -0.1) is 0 Å². The summed E-state index contributed by atoms with van der Waals surface area (Å²) in [6.45, 7) is 9.73. The summed E-state index contributed by atoms with van der Waals surface area (Å²) in [5.41, 5.74) is 6.45. The van der Waals surface area contributed by atoms with Crippen LogP contribution in [0.1, 0.15) is 61.3 Å². The Kier molecular flexibility index (Phi) is 6.68. The minimum absolute atomic E-state index is 0.0442. The number of fused-ring (bicyclic) bond motifs is 3. The third kappa shape index (κ3) is 4.43. The summed E-state index contributed by atoms with van der Waals surface area (Å²) in [6, 6.07) is 22.7. The Morgan fingerprint density at radius 2 is 1.89 bits per heavy atom. The molecule has 2 amide bonds. The number of hydrogen-bond acceptors (Lipinski definition) is 2. The number of aromatic nitrogens is 3. The maximum absolute atomic E-state index is 13.8. The van der Waals surface area contributed by atoms with Crippen LogP contribution in [0, 0.1) is 12.8 Å². The number of urea groups is 1. The number of rotatable bonds is 6. The van der Waals surface area contributed by atoms with Crippen LogP contribution in [-0.2, 0) is 13.0 Å². The maximum Gasteiger partial charge on any atom is 0.318 e. The molecule has 2 aromatic heterocycles. The van der Waals surface area contributed by atoms with Crippen molar-refractivity contribution in [2.75, 3.05) is 6.54 Å². The molecule has 1 N–H and O–H groups in total. The molecule has 186 valence electrons. The molecule has 0 aliphatic carbocycles. The van der Waals surface area contributed by atoms with Crippen molar-refractivity contribution in [2.45, 2.75) is 53.1 Å². The molecule has 3 heterocycles. The standard InChI is InChI=1S/C30H35N5O/c1-5-26-25-20-34(30(36)31-17-16-21(2)3)28(23-12-9-11-22(4)19-23)27-15-10-18-33(27)29(25)35(32-26)24-13-7-6-8-14-24/h6-15,18-19,21,28H,5,16-17,20H2,1-4H3,(H,31,36)/t28-/m1/s1. The highest BCUT2D eigenvalue weighted by molar-refractivity contribution is 5.76. The van der Waals surface area contributed by atoms with E-state index in [4.69, 9.17) is 5.10 Å². The van der Waals surface area contributed by atoms with Crippen LogP contribution in [0.2, 0.25) is 0 Å². The highest BCUT2D eigenvalue weighted by atomic mass is 16.2. The first kappa shape index (κ1) is 23.9. The van der Waals surface area contributed by atoms with Gasteiger partial charge >= 0.3 is 6.03 Å². The summed E-state index contributed by atoms with van der Waals surface area (Å²) in [4.78, 5) is 15.8. The fourth-order valence-electron chi connectivity index (χ4n) is 5.11. The Balaban J connectivity index is 1.69. The van der Waals surface area contributed by atoms with Crippen LogP contribution >= 0.6 is 0 Å². The number of nitrogens with zero attached hydrogens (tertiary/aromatic N) is 4. The molecule has 2 aromatic carbocycles. The van der Waals surface area contributed by atoms with Crippen molar-refractivity contribution in [2.24, 2.45) is 5.92 Å². The van der Waals surface area contributed by atoms with Gasteiger partial charge in [0.15, 0.2) is 0 Å². The van der Waals surface area contributed by atoms with E-state index in [0.29, 0.717) is 19.0 Å². The molecule has 0 bridgehead atoms. The fourth-order valence-corrected chi connectivity index (χ4v) is 5.11. The number of carbonyl (C=O) groups excluding carboxylic acids is 1. The number of para-hydroxylation sites is 1. The Morgan fingerprint density at radius 1 is 1.08 bits per heavy atom. The first-order chi connectivity index (χ1) is 17.5. The van der Waals surface area contributed by atoms with Crippen molar-refractivity contribution >= 4 is 6.03 Å². The van der Waals surface area contributed by atoms with Gasteiger partial charge in [-0.2, -0.15) is 5.10 Å². The number of benzene rings is 2. The van der Waals surface area contributed by atoms with E-state index in [1.165, 1.54) is 5.56 Å². The predicted molar refractivity (Wildman–Crippen MR) is 144 cm³/mol. The molecule has 0 unspecified atom stereocenters. The topological polar surface area (TPSA) is 55.1 Å². The van der Waals surface area contributed by atoms with Crippen LogP contribution in [0.15, 0.2) is 72.9 Å². The average molecular weight is 482 g/mol. The number of nitrogens with one attached hydrogen (secondary N) is 1. The summed E-state index contributed by atoms with van der Waals surface area (Å²) in [5.74, 6) is 1.54. The SMILES string of the molecule is CCc1nn(-c2ccccc2)c2c1CN(C(=O)NCCC(C)C)[C@H](c1cccc(C)c1)c1cccn1-2. The molecule has 6 heteroatoms. The Labute approximate surface area is 213 Å². The zero-order chi connectivity index (χ0) is 25.2. The zero-order valence-electron chi connectivity index (χ0n) is 21.6. The highest BCUT2D eigenvalue weighted by Gasteiger charge is 2.36. The molecule has 36 heavy (non-hydrogen) atoms. The lowest BCUT2D eigenvalue weighted by atomic mass is 10.00. The summed E-state index contributed by atoms with van der Waals surface area (Å²) in [7, 11) is 0. The van der Waals surface area contributed by atoms with E-state index in [9.17, 15) is 4.79 Å². The van der Waals surface area contributed by atoms with Gasteiger partial charge in [0.1, 0.15) is 5.82 Å². The Morgan fingerprint density at radius 3 is 2.61 bits per heavy atom. The van der Waals surface area contributed by atoms with Gasteiger partial charge in [-0.1, -0.05) is 68.8 Å². The molecule has 1 atom stereocenters. The molecule has 0 radical (unpaired) electrons. The van der Waals surface area contributed by atoms with Gasteiger partial charge in [-0.05, 0) is 55.5 Å². The first-order valence-electron chi connectivity index (χ1n) is 12.9. The van der Waals surface area contributed by atoms with Crippen LogP contribution in [0.4, 0.5) is 4.79 Å². The van der Waals surface area contributed by atoms with Crippen molar-refractivity contribution < 1.29 is 4.79 Å². The van der Waals surface area contributed by atoms with E-state index in [-0.39, 0.29) is 12.1 Å². The molecule has 1 aliphatic rings. The summed E-state index contributed by atoms with van der Waals surface area (Å²) < 4.78 is 4.26. The third-order valence-corrected chi connectivity index (χ3v) is 6.92. The van der Waals surface area contributed by atoms with Crippen LogP contribution in [0.3, 0.4) is 0 Å². The highest BCUT2D eigenvalue weighted by Crippen LogP contribution is 2.38. The third-order valence-electron chi connectivity index (χ3n) is 6.92. The van der Waals surface area contributed by atoms with E-state index in [0.717, 1.165) is 46.9 Å². The van der Waals surface area contributed by atoms with Crippen molar-refractivity contribution in [3.05, 3.63) is 101 Å². The molecule has 0 saturated heterocycles. The second kappa shape index (κ2) is 10.1. The molecule has 4 aromatic rings. The maximum atomic E-state index is 13.8. The number of carbonyl (C=O) groups is 1. The minimum Gasteiger partial charge on any atom is -0.338 e. The normalized spacial score (nSPS) is 14.9. The average Bonchev–Trinajstić information content (AvgIpc) is 3.45. The molecule has 0 fully saturated rings. The number of aryl methyl sites for hydroxylation is 2. The van der Waals surface area contributed by atoms with Gasteiger partial charge in [0.2, 0.25) is 0 Å². The Bertz CT molecular complexity index is 1350. The van der Waals surface area contributed by atoms with Gasteiger partial charge in [0.25, 0.3) is 0 Å². The summed E-state index contributed by atoms with van der Waals surface area (Å²) in [5, 5.41) is 8.24. The van der Waals surface area contributed by atoms with Crippen molar-refractivity contribution in [1.82, 2.24) is 24.6 Å². The molecule has 0 saturated carbocycles. The van der Waals surface area contributed by atoms with Crippen LogP contribution in [-0.4, -0.2) is 31.8 Å². The quantitative estimate of drug-likeness (QED) is 0.357. The number of hydrogen-bond donors (Lipinski definition) is 1. The van der Waals surface area contributed by atoms with E-state index in [1.807, 2.05) is 27.8 Å². The molecule has 0 spiro atoms. The van der Waals surface area contributed by atoms with Gasteiger partial charge in [0, 0.05) is 18.3 Å². The predicted octanol–water partition coefficient (Wildman–Crippen LogP) is 6.19. The van der Waals surface area contributed by atoms with Crippen molar-refractivity contribution in [1.29, 1.82) is 0 Å². The van der Waals surface area contributed by atoms with Gasteiger partial charge in [-0.3, -0.25) is 0 Å². The van der Waals surface area contributed by atoms with Crippen LogP contribution < -0.4 is 5.32 Å². The second-order valence-corrected chi connectivity index (χ2v) is 10.0. The lowest BCUT2D eigenvalue weighted by molar-refractivity contribution is 0.180. The molecular formula is C30H35N5O. The molecular weight excluding hydrogens is 446 g/mol. The van der Waals surface area contributed by atoms with E-state index < -0.39 is 0 Å². The molecule has 5 rings (SSSR count). The van der Waals surface area contributed by atoms with E-state index >= 15 is 0 Å². The van der Waals surface area contributed by atoms with Crippen molar-refractivity contribution in [3.8, 4) is 11.5 Å². The van der Waals surface area contributed by atoms with Crippen LogP contribution in [0.5, 0.6) is 0 Å². The summed E-state index contributed by atoms with van der Waals surface area (Å²) in [6.07, 6.45) is 3.83.